The highest BCUT2D eigenvalue weighted by atomic mass is 16.6. The van der Waals surface area contributed by atoms with E-state index in [1.165, 1.54) is 30.8 Å². The Morgan fingerprint density at radius 3 is 2.55 bits per heavy atom. The van der Waals surface area contributed by atoms with Crippen molar-refractivity contribution >= 4 is 11.7 Å². The molecule has 0 aromatic carbocycles. The molecule has 0 unspecified atom stereocenters. The van der Waals surface area contributed by atoms with Gasteiger partial charge >= 0.3 is 11.7 Å². The molecule has 0 aliphatic rings. The van der Waals surface area contributed by atoms with Crippen LogP contribution < -0.4 is 0 Å². The van der Waals surface area contributed by atoms with Crippen LogP contribution in [0.5, 0.6) is 0 Å². The maximum atomic E-state index is 11.2. The number of carboxylic acids is 1. The fourth-order valence-corrected chi connectivity index (χ4v) is 2.00. The van der Waals surface area contributed by atoms with Crippen LogP contribution in [0, 0.1) is 30.9 Å². The van der Waals surface area contributed by atoms with Crippen LogP contribution in [-0.2, 0) is 0 Å². The number of hydrogen-bond donors (Lipinski definition) is 1. The van der Waals surface area contributed by atoms with Crippen LogP contribution in [0.25, 0.3) is 5.82 Å². The number of pyridine rings is 1. The third-order valence-electron chi connectivity index (χ3n) is 2.89. The Balaban J connectivity index is 2.73. The highest BCUT2D eigenvalue weighted by Gasteiger charge is 2.24. The number of aromatic carboxylic acids is 1. The third-order valence-corrected chi connectivity index (χ3v) is 2.89. The number of carbonyl (C=O) groups is 1. The number of rotatable bonds is 3. The fourth-order valence-electron chi connectivity index (χ4n) is 2.00. The van der Waals surface area contributed by atoms with E-state index in [-0.39, 0.29) is 22.8 Å². The van der Waals surface area contributed by atoms with Crippen molar-refractivity contribution in [3.63, 3.8) is 0 Å². The molecule has 0 aliphatic carbocycles. The quantitative estimate of drug-likeness (QED) is 0.675. The minimum atomic E-state index is -1.12. The number of aryl methyl sites for hydroxylation is 2. The summed E-state index contributed by atoms with van der Waals surface area (Å²) in [5.74, 6) is -1.12. The monoisotopic (exact) mass is 276 g/mol. The van der Waals surface area contributed by atoms with Crippen LogP contribution >= 0.6 is 0 Å². The Morgan fingerprint density at radius 1 is 1.40 bits per heavy atom. The Kier molecular flexibility index (Phi) is 3.23. The van der Waals surface area contributed by atoms with Gasteiger partial charge in [0.2, 0.25) is 5.82 Å². The molecule has 0 atom stereocenters. The van der Waals surface area contributed by atoms with E-state index in [1.807, 2.05) is 0 Å². The van der Waals surface area contributed by atoms with Crippen LogP contribution in [0.3, 0.4) is 0 Å². The molecule has 2 rings (SSSR count). The Labute approximate surface area is 113 Å². The van der Waals surface area contributed by atoms with Crippen molar-refractivity contribution in [3.8, 4) is 5.82 Å². The summed E-state index contributed by atoms with van der Waals surface area (Å²) in [6.07, 6.45) is 1.47. The number of hydrogen-bond acceptors (Lipinski definition) is 5. The van der Waals surface area contributed by atoms with Crippen molar-refractivity contribution in [2.45, 2.75) is 20.8 Å². The van der Waals surface area contributed by atoms with Gasteiger partial charge in [0, 0.05) is 12.3 Å². The zero-order valence-electron chi connectivity index (χ0n) is 11.1. The van der Waals surface area contributed by atoms with Crippen molar-refractivity contribution in [2.75, 3.05) is 0 Å². The average Bonchev–Trinajstić information content (AvgIpc) is 2.64. The summed E-state index contributed by atoms with van der Waals surface area (Å²) in [5.41, 5.74) is 1.04. The van der Waals surface area contributed by atoms with Gasteiger partial charge in [-0.2, -0.15) is 5.10 Å². The lowest BCUT2D eigenvalue weighted by Gasteiger charge is -2.05. The molecule has 8 nitrogen and oxygen atoms in total. The lowest BCUT2D eigenvalue weighted by molar-refractivity contribution is -0.385. The number of nitro groups is 1. The van der Waals surface area contributed by atoms with E-state index in [1.54, 1.807) is 6.92 Å². The van der Waals surface area contributed by atoms with E-state index < -0.39 is 10.9 Å². The van der Waals surface area contributed by atoms with Gasteiger partial charge in [0.1, 0.15) is 5.56 Å². The van der Waals surface area contributed by atoms with Crippen molar-refractivity contribution in [1.29, 1.82) is 0 Å². The van der Waals surface area contributed by atoms with Gasteiger partial charge in [-0.05, 0) is 26.3 Å². The lowest BCUT2D eigenvalue weighted by Crippen LogP contribution is -2.07. The first kappa shape index (κ1) is 13.7. The maximum Gasteiger partial charge on any atom is 0.339 e. The average molecular weight is 276 g/mol. The van der Waals surface area contributed by atoms with Gasteiger partial charge in [0.15, 0.2) is 0 Å². The maximum absolute atomic E-state index is 11.2. The molecule has 8 heteroatoms. The van der Waals surface area contributed by atoms with E-state index in [2.05, 4.69) is 10.1 Å². The molecule has 0 saturated heterocycles. The topological polar surface area (TPSA) is 111 Å². The number of carboxylic acid groups (broad SMARTS) is 1. The summed E-state index contributed by atoms with van der Waals surface area (Å²) in [7, 11) is 0. The van der Waals surface area contributed by atoms with Crippen molar-refractivity contribution in [3.05, 3.63) is 44.9 Å². The first-order valence-corrected chi connectivity index (χ1v) is 5.74. The van der Waals surface area contributed by atoms with Gasteiger partial charge < -0.3 is 5.11 Å². The molecule has 0 spiro atoms. The number of nitrogens with zero attached hydrogens (tertiary/aromatic N) is 4. The van der Waals surface area contributed by atoms with Crippen molar-refractivity contribution in [1.82, 2.24) is 14.8 Å². The van der Waals surface area contributed by atoms with Crippen LogP contribution in [0.1, 0.15) is 27.3 Å². The first-order chi connectivity index (χ1) is 9.32. The van der Waals surface area contributed by atoms with Gasteiger partial charge in [0.25, 0.3) is 0 Å². The summed E-state index contributed by atoms with van der Waals surface area (Å²) in [6, 6.07) is 1.37. The lowest BCUT2D eigenvalue weighted by atomic mass is 10.2. The molecule has 0 bridgehead atoms. The summed E-state index contributed by atoms with van der Waals surface area (Å²) in [4.78, 5) is 25.7. The minimum absolute atomic E-state index is 0.00806. The summed E-state index contributed by atoms with van der Waals surface area (Å²) >= 11 is 0. The first-order valence-electron chi connectivity index (χ1n) is 5.74. The predicted octanol–water partition coefficient (Wildman–Crippen LogP) is 1.80. The van der Waals surface area contributed by atoms with E-state index >= 15 is 0 Å². The van der Waals surface area contributed by atoms with Gasteiger partial charge in [-0.25, -0.2) is 14.5 Å². The van der Waals surface area contributed by atoms with Gasteiger partial charge in [-0.15, -0.1) is 0 Å². The smallest absolute Gasteiger partial charge is 0.339 e. The summed E-state index contributed by atoms with van der Waals surface area (Å²) in [5, 5.41) is 24.3. The fraction of sp³-hybridized carbons (Fsp3) is 0.250. The van der Waals surface area contributed by atoms with Crippen LogP contribution in [0.15, 0.2) is 12.3 Å². The van der Waals surface area contributed by atoms with Gasteiger partial charge in [0.05, 0.1) is 16.3 Å². The van der Waals surface area contributed by atoms with Crippen LogP contribution in [-0.4, -0.2) is 30.8 Å². The van der Waals surface area contributed by atoms with Crippen molar-refractivity contribution in [2.24, 2.45) is 0 Å². The van der Waals surface area contributed by atoms with Crippen LogP contribution in [0.2, 0.25) is 0 Å². The standard InChI is InChI=1S/C12H12N4O4/c1-6-4-9(16(19)20)11(13-5-6)15-8(3)10(12(17)18)7(2)14-15/h4-5H,1-3H3,(H,17,18). The molecular weight excluding hydrogens is 264 g/mol. The highest BCUT2D eigenvalue weighted by molar-refractivity contribution is 5.90. The second-order valence-corrected chi connectivity index (χ2v) is 4.38. The highest BCUT2D eigenvalue weighted by Crippen LogP contribution is 2.24. The van der Waals surface area contributed by atoms with Crippen molar-refractivity contribution < 1.29 is 14.8 Å². The van der Waals surface area contributed by atoms with Gasteiger partial charge in [-0.3, -0.25) is 10.1 Å². The van der Waals surface area contributed by atoms with Crippen LogP contribution in [0.4, 0.5) is 5.69 Å². The molecule has 0 saturated carbocycles. The van der Waals surface area contributed by atoms with E-state index in [0.717, 1.165) is 0 Å². The van der Waals surface area contributed by atoms with Gasteiger partial charge in [-0.1, -0.05) is 0 Å². The molecule has 2 aromatic heterocycles. The van der Waals surface area contributed by atoms with E-state index in [4.69, 9.17) is 5.11 Å². The molecule has 0 amide bonds. The second-order valence-electron chi connectivity index (χ2n) is 4.38. The third kappa shape index (κ3) is 2.11. The molecule has 2 heterocycles. The van der Waals surface area contributed by atoms with E-state index in [9.17, 15) is 14.9 Å². The molecule has 0 radical (unpaired) electrons. The normalized spacial score (nSPS) is 10.6. The molecule has 104 valence electrons. The molecule has 1 N–H and O–H groups in total. The minimum Gasteiger partial charge on any atom is -0.478 e. The Bertz CT molecular complexity index is 720. The largest absolute Gasteiger partial charge is 0.478 e. The predicted molar refractivity (Wildman–Crippen MR) is 69.2 cm³/mol. The SMILES string of the molecule is Cc1cnc(-n2nc(C)c(C(=O)O)c2C)c([N+](=O)[O-])c1. The summed E-state index contributed by atoms with van der Waals surface area (Å²) in [6.45, 7) is 4.76. The molecule has 2 aromatic rings. The van der Waals surface area contributed by atoms with E-state index in [0.29, 0.717) is 11.3 Å². The zero-order valence-corrected chi connectivity index (χ0v) is 11.1. The molecule has 20 heavy (non-hydrogen) atoms. The molecular formula is C12H12N4O4. The molecule has 0 aliphatic heterocycles. The number of aromatic nitrogens is 3. The Morgan fingerprint density at radius 2 is 2.05 bits per heavy atom. The second kappa shape index (κ2) is 4.72. The Hall–Kier alpha value is -2.77. The summed E-state index contributed by atoms with van der Waals surface area (Å²) < 4.78 is 1.19. The molecule has 0 fully saturated rings. The zero-order chi connectivity index (χ0) is 15.0.